The Morgan fingerprint density at radius 2 is 1.66 bits per heavy atom. The van der Waals surface area contributed by atoms with Gasteiger partial charge in [0.05, 0.1) is 16.8 Å². The molecule has 0 aliphatic carbocycles. The molecule has 2 unspecified atom stereocenters. The molecule has 10 nitrogen and oxygen atoms in total. The Bertz CT molecular complexity index is 1180. The van der Waals surface area contributed by atoms with E-state index in [4.69, 9.17) is 14.2 Å². The van der Waals surface area contributed by atoms with Crippen molar-refractivity contribution in [3.8, 4) is 0 Å². The van der Waals surface area contributed by atoms with Crippen LogP contribution in [0.25, 0.3) is 0 Å². The number of allylic oxidation sites excluding steroid dienone is 4. The average molecular weight is 700 g/mol. The second-order valence-corrected chi connectivity index (χ2v) is 14.7. The first-order valence-corrected chi connectivity index (χ1v) is 16.2. The summed E-state index contributed by atoms with van der Waals surface area (Å²) in [4.78, 5) is 56.2. The molecule has 44 heavy (non-hydrogen) atoms. The summed E-state index contributed by atoms with van der Waals surface area (Å²) in [7, 11) is 0. The predicted octanol–water partition coefficient (Wildman–Crippen LogP) is 7.23. The van der Waals surface area contributed by atoms with Crippen LogP contribution >= 0.6 is 27.3 Å². The van der Waals surface area contributed by atoms with Crippen LogP contribution in [0.1, 0.15) is 92.3 Å². The summed E-state index contributed by atoms with van der Waals surface area (Å²) >= 11 is 4.74. The van der Waals surface area contributed by atoms with Crippen LogP contribution in [0, 0.1) is 0 Å². The second kappa shape index (κ2) is 18.2. The number of nitrogens with zero attached hydrogens (tertiary/aromatic N) is 2. The summed E-state index contributed by atoms with van der Waals surface area (Å²) < 4.78 is 17.6. The minimum atomic E-state index is -1.33. The van der Waals surface area contributed by atoms with Gasteiger partial charge in [0, 0.05) is 18.2 Å². The van der Waals surface area contributed by atoms with Crippen molar-refractivity contribution < 1.29 is 38.5 Å². The van der Waals surface area contributed by atoms with E-state index in [0.717, 1.165) is 20.8 Å². The fourth-order valence-electron chi connectivity index (χ4n) is 3.95. The summed E-state index contributed by atoms with van der Waals surface area (Å²) in [5.74, 6) is -0.774. The maximum Gasteiger partial charge on any atom is 0.420 e. The van der Waals surface area contributed by atoms with Gasteiger partial charge in [0.15, 0.2) is 0 Å². The van der Waals surface area contributed by atoms with Gasteiger partial charge in [-0.3, -0.25) is 4.79 Å². The van der Waals surface area contributed by atoms with Gasteiger partial charge in [-0.05, 0) is 98.2 Å². The molecular formula is C32H47BrN2O8S. The molecule has 0 aliphatic heterocycles. The number of halogens is 1. The molecule has 0 spiro atoms. The highest BCUT2D eigenvalue weighted by Crippen LogP contribution is 2.23. The van der Waals surface area contributed by atoms with Crippen LogP contribution in [-0.4, -0.2) is 68.9 Å². The van der Waals surface area contributed by atoms with E-state index in [2.05, 4.69) is 20.9 Å². The van der Waals surface area contributed by atoms with Gasteiger partial charge in [-0.15, -0.1) is 11.3 Å². The molecule has 12 heteroatoms. The molecule has 1 N–H and O–H groups in total. The highest BCUT2D eigenvalue weighted by Gasteiger charge is 2.41. The van der Waals surface area contributed by atoms with Crippen LogP contribution in [0.15, 0.2) is 39.7 Å². The maximum atomic E-state index is 13.6. The van der Waals surface area contributed by atoms with Gasteiger partial charge in [0.1, 0.15) is 29.6 Å². The van der Waals surface area contributed by atoms with Crippen LogP contribution in [0.3, 0.4) is 0 Å². The zero-order valence-corrected chi connectivity index (χ0v) is 29.6. The molecule has 1 aromatic rings. The van der Waals surface area contributed by atoms with E-state index >= 15 is 0 Å². The van der Waals surface area contributed by atoms with Crippen molar-refractivity contribution in [2.75, 3.05) is 0 Å². The third-order valence-corrected chi connectivity index (χ3v) is 6.76. The topological polar surface area (TPSA) is 132 Å². The van der Waals surface area contributed by atoms with Gasteiger partial charge in [-0.1, -0.05) is 33.7 Å². The first-order chi connectivity index (χ1) is 20.3. The summed E-state index contributed by atoms with van der Waals surface area (Å²) in [5, 5.41) is 12.8. The number of ether oxygens (including phenoxy) is 3. The van der Waals surface area contributed by atoms with E-state index in [0.29, 0.717) is 36.9 Å². The van der Waals surface area contributed by atoms with Crippen molar-refractivity contribution >= 4 is 51.7 Å². The Labute approximate surface area is 273 Å². The zero-order valence-electron chi connectivity index (χ0n) is 27.2. The minimum absolute atomic E-state index is 0.0714. The molecule has 1 aromatic heterocycles. The summed E-state index contributed by atoms with van der Waals surface area (Å²) in [5.41, 5.74) is -0.259. The van der Waals surface area contributed by atoms with E-state index in [-0.39, 0.29) is 6.42 Å². The third kappa shape index (κ3) is 16.3. The van der Waals surface area contributed by atoms with Crippen molar-refractivity contribution in [3.63, 3.8) is 0 Å². The molecule has 0 aromatic carbocycles. The lowest BCUT2D eigenvalue weighted by Crippen LogP contribution is -2.52. The van der Waals surface area contributed by atoms with Crippen LogP contribution in [0.5, 0.6) is 0 Å². The van der Waals surface area contributed by atoms with Crippen molar-refractivity contribution in [2.24, 2.45) is 0 Å². The normalized spacial score (nSPS) is 15.0. The molecule has 1 heterocycles. The SMILES string of the molecule is C/C(Br)=C\C(O)Cc1nc(CCC[C@@H](C(=O)OC(C)C/C(C)=C/C=C\C=O)N(C(=O)OC(C)(C)C)C(=O)OC(C)(C)C)cs1. The molecule has 0 aliphatic rings. The van der Waals surface area contributed by atoms with Gasteiger partial charge < -0.3 is 19.3 Å². The highest BCUT2D eigenvalue weighted by atomic mass is 79.9. The molecule has 0 radical (unpaired) electrons. The molecule has 2 amide bonds. The molecular weight excluding hydrogens is 652 g/mol. The fraction of sp³-hybridized carbons (Fsp3) is 0.594. The Balaban J connectivity index is 3.26. The number of aliphatic hydroxyl groups excluding tert-OH is 1. The number of carbonyl (C=O) groups is 4. The van der Waals surface area contributed by atoms with E-state index in [9.17, 15) is 24.3 Å². The van der Waals surface area contributed by atoms with Crippen molar-refractivity contribution in [1.29, 1.82) is 0 Å². The number of hydrogen-bond donors (Lipinski definition) is 1. The Morgan fingerprint density at radius 1 is 1.07 bits per heavy atom. The van der Waals surface area contributed by atoms with Crippen molar-refractivity contribution in [1.82, 2.24) is 9.88 Å². The number of thiazole rings is 1. The van der Waals surface area contributed by atoms with Gasteiger partial charge >= 0.3 is 18.2 Å². The summed E-state index contributed by atoms with van der Waals surface area (Å²) in [6.07, 6.45) is 5.40. The highest BCUT2D eigenvalue weighted by molar-refractivity contribution is 9.11. The van der Waals surface area contributed by atoms with Crippen LogP contribution < -0.4 is 0 Å². The summed E-state index contributed by atoms with van der Waals surface area (Å²) in [6, 6.07) is -1.33. The van der Waals surface area contributed by atoms with E-state index in [1.807, 2.05) is 19.2 Å². The largest absolute Gasteiger partial charge is 0.461 e. The maximum absolute atomic E-state index is 13.6. The van der Waals surface area contributed by atoms with E-state index in [1.54, 1.807) is 66.7 Å². The number of hydrogen-bond acceptors (Lipinski definition) is 10. The van der Waals surface area contributed by atoms with Crippen LogP contribution in [0.2, 0.25) is 0 Å². The Morgan fingerprint density at radius 3 is 2.18 bits per heavy atom. The molecule has 0 bridgehead atoms. The van der Waals surface area contributed by atoms with Crippen LogP contribution in [-0.2, 0) is 36.6 Å². The van der Waals surface area contributed by atoms with Crippen molar-refractivity contribution in [2.45, 2.75) is 124 Å². The number of imide groups is 1. The number of rotatable bonds is 14. The van der Waals surface area contributed by atoms with Crippen molar-refractivity contribution in [3.05, 3.63) is 50.4 Å². The van der Waals surface area contributed by atoms with Gasteiger partial charge in [0.25, 0.3) is 0 Å². The molecule has 0 saturated carbocycles. The molecule has 0 fully saturated rings. The van der Waals surface area contributed by atoms with E-state index in [1.165, 1.54) is 17.4 Å². The molecule has 246 valence electrons. The number of aryl methyl sites for hydroxylation is 1. The lowest BCUT2D eigenvalue weighted by Gasteiger charge is -2.33. The van der Waals surface area contributed by atoms with Gasteiger partial charge in [0.2, 0.25) is 0 Å². The van der Waals surface area contributed by atoms with Gasteiger partial charge in [-0.25, -0.2) is 19.4 Å². The first-order valence-electron chi connectivity index (χ1n) is 14.5. The fourth-order valence-corrected chi connectivity index (χ4v) is 5.13. The lowest BCUT2D eigenvalue weighted by molar-refractivity contribution is -0.154. The monoisotopic (exact) mass is 698 g/mol. The lowest BCUT2D eigenvalue weighted by atomic mass is 10.1. The number of aromatic nitrogens is 1. The molecule has 1 rings (SSSR count). The number of aldehydes is 1. The van der Waals surface area contributed by atoms with E-state index < -0.39 is 47.6 Å². The quantitative estimate of drug-likeness (QED) is 0.0702. The second-order valence-electron chi connectivity index (χ2n) is 12.5. The average Bonchev–Trinajstić information content (AvgIpc) is 3.27. The van der Waals surface area contributed by atoms with Gasteiger partial charge in [-0.2, -0.15) is 4.90 Å². The smallest absolute Gasteiger partial charge is 0.420 e. The zero-order chi connectivity index (χ0) is 33.7. The molecule has 0 saturated heterocycles. The molecule has 3 atom stereocenters. The van der Waals surface area contributed by atoms with Crippen LogP contribution in [0.4, 0.5) is 9.59 Å². The minimum Gasteiger partial charge on any atom is -0.461 e. The summed E-state index contributed by atoms with van der Waals surface area (Å²) in [6.45, 7) is 15.3. The number of aliphatic hydroxyl groups is 1. The Kier molecular flexibility index (Phi) is 16.2. The third-order valence-electron chi connectivity index (χ3n) is 5.58. The first kappa shape index (κ1) is 39.2. The standard InChI is InChI=1S/C32H47BrN2O8S/c1-21(13-10-11-16-36)17-23(3)41-28(38)26(35(29(39)42-31(4,5)6)30(40)43-32(7,8)9)15-12-14-24-20-44-27(34-24)19-25(37)18-22(2)33/h10-11,13,16,18,20,23,25-26,37H,12,14-15,17,19H2,1-9H3/b11-10-,21-13+,22-18+/t23?,25?,26-/m0/s1. The number of carbonyl (C=O) groups excluding carboxylic acids is 4. The predicted molar refractivity (Wildman–Crippen MR) is 175 cm³/mol. The number of esters is 1. The number of amides is 2. The Hall–Kier alpha value is -2.83.